The van der Waals surface area contributed by atoms with E-state index < -0.39 is 5.92 Å². The number of hydrogen-bond acceptors (Lipinski definition) is 4. The third-order valence-corrected chi connectivity index (χ3v) is 4.86. The van der Waals surface area contributed by atoms with Crippen LogP contribution in [0.25, 0.3) is 0 Å². The van der Waals surface area contributed by atoms with Gasteiger partial charge in [0.25, 0.3) is 5.92 Å². The molecule has 1 amide bonds. The summed E-state index contributed by atoms with van der Waals surface area (Å²) >= 11 is 0. The van der Waals surface area contributed by atoms with Crippen molar-refractivity contribution in [2.75, 3.05) is 31.5 Å². The average Bonchev–Trinajstić information content (AvgIpc) is 2.78. The molecule has 1 aliphatic heterocycles. The predicted octanol–water partition coefficient (Wildman–Crippen LogP) is 4.66. The number of hydrogen-bond donors (Lipinski definition) is 1. The van der Waals surface area contributed by atoms with Gasteiger partial charge in [0.1, 0.15) is 0 Å². The highest BCUT2D eigenvalue weighted by atomic mass is 19.3. The van der Waals surface area contributed by atoms with E-state index in [1.165, 1.54) is 24.3 Å². The number of amidine groups is 1. The fourth-order valence-electron chi connectivity index (χ4n) is 3.22. The number of carbonyl (C=O) groups is 1. The van der Waals surface area contributed by atoms with E-state index in [-0.39, 0.29) is 11.5 Å². The third-order valence-electron chi connectivity index (χ3n) is 4.86. The van der Waals surface area contributed by atoms with Crippen LogP contribution in [0, 0.1) is 11.3 Å². The van der Waals surface area contributed by atoms with Crippen molar-refractivity contribution in [3.05, 3.63) is 66.0 Å². The van der Waals surface area contributed by atoms with Gasteiger partial charge in [-0.25, -0.2) is 13.8 Å². The maximum Gasteiger partial charge on any atom is 0.270 e. The summed E-state index contributed by atoms with van der Waals surface area (Å²) < 4.78 is 27.0. The summed E-state index contributed by atoms with van der Waals surface area (Å²) in [6, 6.07) is 7.90. The van der Waals surface area contributed by atoms with Crippen LogP contribution in [-0.4, -0.2) is 47.7 Å². The van der Waals surface area contributed by atoms with Crippen molar-refractivity contribution in [2.24, 2.45) is 4.99 Å². The maximum absolute atomic E-state index is 13.5. The molecule has 0 spiro atoms. The smallest absolute Gasteiger partial charge is 0.270 e. The van der Waals surface area contributed by atoms with Gasteiger partial charge in [-0.3, -0.25) is 4.79 Å². The first kappa shape index (κ1) is 24.8. The topological polar surface area (TPSA) is 71.7 Å². The number of aliphatic imine (C=N–C) groups is 1. The van der Waals surface area contributed by atoms with Crippen molar-refractivity contribution in [2.45, 2.75) is 33.1 Å². The average molecular weight is 442 g/mol. The molecule has 1 fully saturated rings. The molecule has 0 radical (unpaired) electrons. The Morgan fingerprint density at radius 1 is 1.22 bits per heavy atom. The second-order valence-electron chi connectivity index (χ2n) is 7.33. The van der Waals surface area contributed by atoms with Crippen LogP contribution >= 0.6 is 0 Å². The van der Waals surface area contributed by atoms with Crippen molar-refractivity contribution in [1.82, 2.24) is 9.80 Å². The molecule has 0 aromatic heterocycles. The van der Waals surface area contributed by atoms with Crippen LogP contribution in [0.1, 0.15) is 32.8 Å². The highest BCUT2D eigenvalue weighted by Gasteiger charge is 2.25. The minimum atomic E-state index is -2.89. The van der Waals surface area contributed by atoms with E-state index in [1.807, 2.05) is 32.1 Å². The molecule has 0 aliphatic carbocycles. The Balaban J connectivity index is 2.20. The highest BCUT2D eigenvalue weighted by Crippen LogP contribution is 2.28. The number of alkyl halides is 2. The van der Waals surface area contributed by atoms with Crippen LogP contribution in [0.5, 0.6) is 0 Å². The Bertz CT molecular complexity index is 929. The van der Waals surface area contributed by atoms with Crippen LogP contribution in [0.3, 0.4) is 0 Å². The van der Waals surface area contributed by atoms with E-state index in [0.717, 1.165) is 24.9 Å². The van der Waals surface area contributed by atoms with Crippen molar-refractivity contribution in [3.8, 4) is 6.07 Å². The molecule has 170 valence electrons. The number of nitrogens with zero attached hydrogens (tertiary/aromatic N) is 4. The standard InChI is InChI=1S/C24H29F2N5O/c1-4-7-21(29-20-11-9-19(10-12-20)24(3,25)26)23(28-14-5-2)31-17-15-30(16-18-31)22(32)8-6-13-27/h5-12,14,29H,4,15-18H2,1-3H3/b8-6-,14-5-,21-7-,28-23-. The first-order valence-corrected chi connectivity index (χ1v) is 10.5. The predicted molar refractivity (Wildman–Crippen MR) is 123 cm³/mol. The number of benzene rings is 1. The molecule has 6 nitrogen and oxygen atoms in total. The summed E-state index contributed by atoms with van der Waals surface area (Å²) in [4.78, 5) is 20.5. The fourth-order valence-corrected chi connectivity index (χ4v) is 3.22. The molecular formula is C24H29F2N5O. The van der Waals surface area contributed by atoms with Gasteiger partial charge in [0.15, 0.2) is 5.84 Å². The normalized spacial score (nSPS) is 16.0. The monoisotopic (exact) mass is 441 g/mol. The molecule has 0 unspecified atom stereocenters. The number of piperazine rings is 1. The van der Waals surface area contributed by atoms with Gasteiger partial charge in [-0.1, -0.05) is 31.2 Å². The number of rotatable bonds is 7. The first-order valence-electron chi connectivity index (χ1n) is 10.5. The van der Waals surface area contributed by atoms with Gasteiger partial charge >= 0.3 is 0 Å². The van der Waals surface area contributed by atoms with Crippen molar-refractivity contribution in [1.29, 1.82) is 5.26 Å². The van der Waals surface area contributed by atoms with E-state index in [4.69, 9.17) is 5.26 Å². The van der Waals surface area contributed by atoms with Crippen LogP contribution in [0.4, 0.5) is 14.5 Å². The zero-order chi connectivity index (χ0) is 23.6. The molecule has 0 atom stereocenters. The number of nitrogens with one attached hydrogen (secondary N) is 1. The highest BCUT2D eigenvalue weighted by molar-refractivity contribution is 6.01. The lowest BCUT2D eigenvalue weighted by molar-refractivity contribution is -0.127. The van der Waals surface area contributed by atoms with Gasteiger partial charge in [-0.05, 0) is 25.5 Å². The van der Waals surface area contributed by atoms with Crippen LogP contribution in [-0.2, 0) is 10.7 Å². The second kappa shape index (κ2) is 11.8. The SMILES string of the molecule is C\C=C/N=C(/C(=C/CC)Nc1ccc(C(C)(F)F)cc1)N1CCN(C(=O)/C=C\C#N)CC1. The molecule has 32 heavy (non-hydrogen) atoms. The van der Waals surface area contributed by atoms with Gasteiger partial charge in [0.2, 0.25) is 5.91 Å². The van der Waals surface area contributed by atoms with Crippen LogP contribution < -0.4 is 5.32 Å². The Labute approximate surface area is 188 Å². The second-order valence-corrected chi connectivity index (χ2v) is 7.33. The maximum atomic E-state index is 13.5. The zero-order valence-electron chi connectivity index (χ0n) is 18.7. The summed E-state index contributed by atoms with van der Waals surface area (Å²) in [7, 11) is 0. The summed E-state index contributed by atoms with van der Waals surface area (Å²) in [5, 5.41) is 11.9. The number of nitriles is 1. The Morgan fingerprint density at radius 3 is 2.38 bits per heavy atom. The Morgan fingerprint density at radius 2 is 1.84 bits per heavy atom. The zero-order valence-corrected chi connectivity index (χ0v) is 18.7. The van der Waals surface area contributed by atoms with Gasteiger partial charge < -0.3 is 15.1 Å². The minimum Gasteiger partial charge on any atom is -0.353 e. The lowest BCUT2D eigenvalue weighted by Gasteiger charge is -2.36. The Hall–Kier alpha value is -3.47. The van der Waals surface area contributed by atoms with Crippen molar-refractivity contribution < 1.29 is 13.6 Å². The third kappa shape index (κ3) is 7.05. The molecule has 1 aromatic rings. The van der Waals surface area contributed by atoms with E-state index in [2.05, 4.69) is 15.2 Å². The minimum absolute atomic E-state index is 0.0434. The number of allylic oxidation sites excluding steroid dienone is 3. The molecule has 0 saturated carbocycles. The van der Waals surface area contributed by atoms with Gasteiger partial charge in [-0.15, -0.1) is 0 Å². The van der Waals surface area contributed by atoms with E-state index in [9.17, 15) is 13.6 Å². The van der Waals surface area contributed by atoms with E-state index in [1.54, 1.807) is 23.2 Å². The number of amides is 1. The molecular weight excluding hydrogens is 412 g/mol. The molecule has 1 heterocycles. The molecule has 1 saturated heterocycles. The summed E-state index contributed by atoms with van der Waals surface area (Å²) in [5.41, 5.74) is 1.41. The van der Waals surface area contributed by atoms with Crippen LogP contribution in [0.15, 0.2) is 65.5 Å². The Kier molecular flexibility index (Phi) is 9.14. The van der Waals surface area contributed by atoms with Crippen molar-refractivity contribution in [3.63, 3.8) is 0 Å². The van der Waals surface area contributed by atoms with Gasteiger partial charge in [-0.2, -0.15) is 5.26 Å². The molecule has 1 aromatic carbocycles. The first-order chi connectivity index (χ1) is 15.3. The van der Waals surface area contributed by atoms with Gasteiger partial charge in [0, 0.05) is 62.7 Å². The largest absolute Gasteiger partial charge is 0.353 e. The summed E-state index contributed by atoms with van der Waals surface area (Å²) in [5.74, 6) is -2.36. The summed E-state index contributed by atoms with van der Waals surface area (Å²) in [6.45, 7) is 6.92. The molecule has 0 bridgehead atoms. The number of carbonyl (C=O) groups excluding carboxylic acids is 1. The molecule has 8 heteroatoms. The molecule has 1 aliphatic rings. The molecule has 2 rings (SSSR count). The van der Waals surface area contributed by atoms with Crippen LogP contribution in [0.2, 0.25) is 0 Å². The van der Waals surface area contributed by atoms with E-state index >= 15 is 0 Å². The van der Waals surface area contributed by atoms with Gasteiger partial charge in [0.05, 0.1) is 11.8 Å². The fraction of sp³-hybridized carbons (Fsp3) is 0.375. The quantitative estimate of drug-likeness (QED) is 0.289. The summed E-state index contributed by atoms with van der Waals surface area (Å²) in [6.07, 6.45) is 8.73. The lowest BCUT2D eigenvalue weighted by Crippen LogP contribution is -2.51. The molecule has 1 N–H and O–H groups in total. The van der Waals surface area contributed by atoms with Crippen molar-refractivity contribution >= 4 is 17.4 Å². The lowest BCUT2D eigenvalue weighted by atomic mass is 10.1. The van der Waals surface area contributed by atoms with E-state index in [0.29, 0.717) is 31.9 Å². The number of halogens is 2. The number of anilines is 1.